The zero-order chi connectivity index (χ0) is 13.9. The molecule has 0 spiro atoms. The number of aryl methyl sites for hydroxylation is 1. The van der Waals surface area contributed by atoms with Crippen LogP contribution >= 0.6 is 0 Å². The van der Waals surface area contributed by atoms with Crippen LogP contribution in [0, 0.1) is 6.92 Å². The van der Waals surface area contributed by atoms with Crippen LogP contribution < -0.4 is 9.80 Å². The smallest absolute Gasteiger partial charge is 0.227 e. The van der Waals surface area contributed by atoms with Gasteiger partial charge in [0.15, 0.2) is 0 Å². The lowest BCUT2D eigenvalue weighted by atomic mass is 10.1. The molecule has 5 heteroatoms. The van der Waals surface area contributed by atoms with Crippen molar-refractivity contribution in [3.8, 4) is 0 Å². The molecule has 0 atom stereocenters. The summed E-state index contributed by atoms with van der Waals surface area (Å²) < 4.78 is 0. The second-order valence-corrected chi connectivity index (χ2v) is 6.01. The van der Waals surface area contributed by atoms with Crippen LogP contribution in [0.3, 0.4) is 0 Å². The zero-order valence-corrected chi connectivity index (χ0v) is 12.7. The highest BCUT2D eigenvalue weighted by Crippen LogP contribution is 2.21. The predicted molar refractivity (Wildman–Crippen MR) is 82.5 cm³/mol. The molecule has 2 fully saturated rings. The highest BCUT2D eigenvalue weighted by molar-refractivity contribution is 5.46. The monoisotopic (exact) mass is 275 g/mol. The first-order valence-electron chi connectivity index (χ1n) is 7.76. The van der Waals surface area contributed by atoms with Crippen LogP contribution in [0.25, 0.3) is 0 Å². The quantitative estimate of drug-likeness (QED) is 0.818. The first kappa shape index (κ1) is 13.6. The Morgan fingerprint density at radius 3 is 2.25 bits per heavy atom. The number of hydrogen-bond donors (Lipinski definition) is 0. The minimum atomic E-state index is 0.915. The first-order chi connectivity index (χ1) is 9.72. The van der Waals surface area contributed by atoms with Crippen molar-refractivity contribution in [2.75, 3.05) is 56.1 Å². The third-order valence-electron chi connectivity index (χ3n) is 4.30. The summed E-state index contributed by atoms with van der Waals surface area (Å²) in [6.45, 7) is 8.59. The third kappa shape index (κ3) is 3.03. The standard InChI is InChI=1S/C15H25N5/c1-13-12-14(19-6-4-3-5-7-19)17-15(16-13)20-10-8-18(2)9-11-20/h12H,3-11H2,1-2H3. The molecule has 2 aliphatic rings. The molecule has 2 saturated heterocycles. The average molecular weight is 275 g/mol. The minimum absolute atomic E-state index is 0.915. The Labute approximate surface area is 121 Å². The lowest BCUT2D eigenvalue weighted by molar-refractivity contribution is 0.311. The van der Waals surface area contributed by atoms with Crippen LogP contribution in [-0.2, 0) is 0 Å². The molecule has 2 aliphatic heterocycles. The normalized spacial score (nSPS) is 21.3. The molecule has 0 aromatic carbocycles. The maximum absolute atomic E-state index is 4.83. The molecule has 0 N–H and O–H groups in total. The summed E-state index contributed by atoms with van der Waals surface area (Å²) in [7, 11) is 2.17. The van der Waals surface area contributed by atoms with Gasteiger partial charge in [0.25, 0.3) is 0 Å². The fraction of sp³-hybridized carbons (Fsp3) is 0.733. The minimum Gasteiger partial charge on any atom is -0.356 e. The van der Waals surface area contributed by atoms with E-state index in [0.717, 1.165) is 56.7 Å². The van der Waals surface area contributed by atoms with Gasteiger partial charge in [0.05, 0.1) is 0 Å². The van der Waals surface area contributed by atoms with Crippen LogP contribution in [0.4, 0.5) is 11.8 Å². The van der Waals surface area contributed by atoms with E-state index in [1.54, 1.807) is 0 Å². The van der Waals surface area contributed by atoms with Crippen molar-refractivity contribution in [1.29, 1.82) is 0 Å². The molecule has 3 heterocycles. The molecule has 0 aliphatic carbocycles. The molecule has 20 heavy (non-hydrogen) atoms. The lowest BCUT2D eigenvalue weighted by Crippen LogP contribution is -2.45. The summed E-state index contributed by atoms with van der Waals surface area (Å²) >= 11 is 0. The largest absolute Gasteiger partial charge is 0.356 e. The third-order valence-corrected chi connectivity index (χ3v) is 4.30. The molecule has 0 amide bonds. The molecule has 0 saturated carbocycles. The van der Waals surface area contributed by atoms with Crippen LogP contribution in [-0.4, -0.2) is 61.2 Å². The van der Waals surface area contributed by atoms with Gasteiger partial charge in [-0.15, -0.1) is 0 Å². The van der Waals surface area contributed by atoms with Gasteiger partial charge in [0.2, 0.25) is 5.95 Å². The highest BCUT2D eigenvalue weighted by atomic mass is 15.3. The number of likely N-dealkylation sites (N-methyl/N-ethyl adjacent to an activating group) is 1. The number of rotatable bonds is 2. The first-order valence-corrected chi connectivity index (χ1v) is 7.76. The second-order valence-electron chi connectivity index (χ2n) is 6.01. The van der Waals surface area contributed by atoms with Crippen molar-refractivity contribution < 1.29 is 0 Å². The van der Waals surface area contributed by atoms with Crippen molar-refractivity contribution in [3.63, 3.8) is 0 Å². The average Bonchev–Trinajstić information content (AvgIpc) is 2.48. The molecular weight excluding hydrogens is 250 g/mol. The molecule has 0 unspecified atom stereocenters. The Balaban J connectivity index is 1.79. The van der Waals surface area contributed by atoms with Crippen molar-refractivity contribution in [2.24, 2.45) is 0 Å². The van der Waals surface area contributed by atoms with E-state index in [0.29, 0.717) is 0 Å². The van der Waals surface area contributed by atoms with Gasteiger partial charge in [-0.05, 0) is 33.2 Å². The van der Waals surface area contributed by atoms with E-state index in [4.69, 9.17) is 4.98 Å². The second kappa shape index (κ2) is 5.95. The summed E-state index contributed by atoms with van der Waals surface area (Å²) in [5.74, 6) is 2.03. The lowest BCUT2D eigenvalue weighted by Gasteiger charge is -2.33. The van der Waals surface area contributed by atoms with Gasteiger partial charge >= 0.3 is 0 Å². The van der Waals surface area contributed by atoms with Crippen LogP contribution in [0.15, 0.2) is 6.07 Å². The molecule has 3 rings (SSSR count). The summed E-state index contributed by atoms with van der Waals surface area (Å²) in [4.78, 5) is 16.6. The van der Waals surface area contributed by atoms with Crippen molar-refractivity contribution >= 4 is 11.8 Å². The van der Waals surface area contributed by atoms with Gasteiger partial charge in [-0.25, -0.2) is 4.98 Å². The number of aromatic nitrogens is 2. The van der Waals surface area contributed by atoms with Crippen LogP contribution in [0.5, 0.6) is 0 Å². The zero-order valence-electron chi connectivity index (χ0n) is 12.7. The van der Waals surface area contributed by atoms with Gasteiger partial charge in [0.1, 0.15) is 5.82 Å². The van der Waals surface area contributed by atoms with E-state index >= 15 is 0 Å². The Bertz CT molecular complexity index is 448. The van der Waals surface area contributed by atoms with Gasteiger partial charge in [-0.2, -0.15) is 4.98 Å². The van der Waals surface area contributed by atoms with Crippen molar-refractivity contribution in [1.82, 2.24) is 14.9 Å². The van der Waals surface area contributed by atoms with E-state index in [2.05, 4.69) is 39.7 Å². The Morgan fingerprint density at radius 1 is 0.850 bits per heavy atom. The summed E-state index contributed by atoms with van der Waals surface area (Å²) in [5, 5.41) is 0. The Kier molecular flexibility index (Phi) is 4.05. The van der Waals surface area contributed by atoms with Crippen molar-refractivity contribution in [2.45, 2.75) is 26.2 Å². The van der Waals surface area contributed by atoms with Crippen LogP contribution in [0.1, 0.15) is 25.0 Å². The van der Waals surface area contributed by atoms with Crippen molar-refractivity contribution in [3.05, 3.63) is 11.8 Å². The maximum Gasteiger partial charge on any atom is 0.227 e. The number of piperidine rings is 1. The van der Waals surface area contributed by atoms with E-state index < -0.39 is 0 Å². The van der Waals surface area contributed by atoms with E-state index in [9.17, 15) is 0 Å². The number of hydrogen-bond acceptors (Lipinski definition) is 5. The molecule has 110 valence electrons. The predicted octanol–water partition coefficient (Wildman–Crippen LogP) is 1.53. The van der Waals surface area contributed by atoms with Gasteiger partial charge < -0.3 is 14.7 Å². The number of anilines is 2. The van der Waals surface area contributed by atoms with Crippen LogP contribution in [0.2, 0.25) is 0 Å². The van der Waals surface area contributed by atoms with Gasteiger partial charge in [-0.1, -0.05) is 0 Å². The number of nitrogens with zero attached hydrogens (tertiary/aromatic N) is 5. The van der Waals surface area contributed by atoms with E-state index in [1.165, 1.54) is 19.3 Å². The molecule has 5 nitrogen and oxygen atoms in total. The molecular formula is C15H25N5. The van der Waals surface area contributed by atoms with E-state index in [1.807, 2.05) is 0 Å². The summed E-state index contributed by atoms with van der Waals surface area (Å²) in [6.07, 6.45) is 3.92. The topological polar surface area (TPSA) is 35.5 Å². The Morgan fingerprint density at radius 2 is 1.55 bits per heavy atom. The van der Waals surface area contributed by atoms with Gasteiger partial charge in [-0.3, -0.25) is 0 Å². The maximum atomic E-state index is 4.83. The highest BCUT2D eigenvalue weighted by Gasteiger charge is 2.19. The fourth-order valence-electron chi connectivity index (χ4n) is 2.97. The SMILES string of the molecule is Cc1cc(N2CCCCC2)nc(N2CCN(C)CC2)n1. The Hall–Kier alpha value is -1.36. The fourth-order valence-corrected chi connectivity index (χ4v) is 2.97. The van der Waals surface area contributed by atoms with E-state index in [-0.39, 0.29) is 0 Å². The summed E-state index contributed by atoms with van der Waals surface area (Å²) in [5.41, 5.74) is 1.08. The molecule has 0 radical (unpaired) electrons. The molecule has 0 bridgehead atoms. The molecule has 1 aromatic heterocycles. The molecule has 1 aromatic rings. The van der Waals surface area contributed by atoms with Gasteiger partial charge in [0, 0.05) is 51.0 Å². The summed E-state index contributed by atoms with van der Waals surface area (Å²) in [6, 6.07) is 2.13. The number of piperazine rings is 1.